The molecular weight excluding hydrogens is 392 g/mol. The molecule has 0 aliphatic carbocycles. The summed E-state index contributed by atoms with van der Waals surface area (Å²) in [6, 6.07) is 8.54. The Morgan fingerprint density at radius 2 is 1.83 bits per heavy atom. The van der Waals surface area contributed by atoms with E-state index in [0.29, 0.717) is 5.75 Å². The van der Waals surface area contributed by atoms with Gasteiger partial charge < -0.3 is 19.5 Å². The highest BCUT2D eigenvalue weighted by atomic mass is 35.5. The molecule has 0 aromatic heterocycles. The highest BCUT2D eigenvalue weighted by Gasteiger charge is 2.34. The van der Waals surface area contributed by atoms with Crippen LogP contribution in [0.2, 0.25) is 0 Å². The molecular formula is C22H27ClN2O4. The molecule has 4 rings (SSSR count). The van der Waals surface area contributed by atoms with Crippen LogP contribution in [0.3, 0.4) is 0 Å². The van der Waals surface area contributed by atoms with Crippen molar-refractivity contribution >= 4 is 24.0 Å². The zero-order valence-corrected chi connectivity index (χ0v) is 18.0. The van der Waals surface area contributed by atoms with E-state index in [4.69, 9.17) is 14.2 Å². The standard InChI is InChI=1S/C22H26N2O4.ClH/c1-13(25)23-18-11-16-15(10-21(18)27-3)7-8-24-12-17-14(9-19(16)24)5-6-20(26-2)22(17)28-4;/h5-6,10-11,19H,7-9,12H2,1-4H3,(H,23,25);1H/t19-;/m0./s1. The van der Waals surface area contributed by atoms with Gasteiger partial charge in [-0.25, -0.2) is 0 Å². The van der Waals surface area contributed by atoms with E-state index in [1.165, 1.54) is 29.2 Å². The first-order valence-corrected chi connectivity index (χ1v) is 9.50. The van der Waals surface area contributed by atoms with Crippen molar-refractivity contribution in [1.82, 2.24) is 4.90 Å². The molecule has 2 aliphatic heterocycles. The van der Waals surface area contributed by atoms with Gasteiger partial charge in [-0.15, -0.1) is 12.4 Å². The maximum Gasteiger partial charge on any atom is 0.221 e. The average molecular weight is 419 g/mol. The average Bonchev–Trinajstić information content (AvgIpc) is 2.70. The Bertz CT molecular complexity index is 932. The first-order chi connectivity index (χ1) is 13.5. The molecule has 0 fully saturated rings. The number of nitrogens with zero attached hydrogens (tertiary/aromatic N) is 1. The molecule has 2 aliphatic rings. The largest absolute Gasteiger partial charge is 0.495 e. The predicted molar refractivity (Wildman–Crippen MR) is 115 cm³/mol. The second-order valence-electron chi connectivity index (χ2n) is 7.31. The fourth-order valence-corrected chi connectivity index (χ4v) is 4.47. The highest BCUT2D eigenvalue weighted by Crippen LogP contribution is 2.45. The van der Waals surface area contributed by atoms with E-state index in [9.17, 15) is 4.79 Å². The van der Waals surface area contributed by atoms with Gasteiger partial charge >= 0.3 is 0 Å². The van der Waals surface area contributed by atoms with Crippen LogP contribution in [0.25, 0.3) is 0 Å². The van der Waals surface area contributed by atoms with Crippen LogP contribution >= 0.6 is 12.4 Å². The van der Waals surface area contributed by atoms with Crippen LogP contribution < -0.4 is 19.5 Å². The number of carbonyl (C=O) groups is 1. The van der Waals surface area contributed by atoms with E-state index in [1.807, 2.05) is 6.07 Å². The fourth-order valence-electron chi connectivity index (χ4n) is 4.47. The van der Waals surface area contributed by atoms with Crippen molar-refractivity contribution in [3.05, 3.63) is 46.5 Å². The van der Waals surface area contributed by atoms with E-state index in [0.717, 1.165) is 43.1 Å². The minimum absolute atomic E-state index is 0. The van der Waals surface area contributed by atoms with E-state index >= 15 is 0 Å². The fraction of sp³-hybridized carbons (Fsp3) is 0.409. The Hall–Kier alpha value is -2.44. The van der Waals surface area contributed by atoms with Gasteiger partial charge in [0.2, 0.25) is 5.91 Å². The van der Waals surface area contributed by atoms with Gasteiger partial charge in [0.15, 0.2) is 11.5 Å². The summed E-state index contributed by atoms with van der Waals surface area (Å²) in [5.74, 6) is 2.22. The first-order valence-electron chi connectivity index (χ1n) is 9.50. The maximum atomic E-state index is 11.6. The molecule has 0 bridgehead atoms. The Morgan fingerprint density at radius 1 is 1.07 bits per heavy atom. The third-order valence-corrected chi connectivity index (χ3v) is 5.76. The summed E-state index contributed by atoms with van der Waals surface area (Å²) in [6.45, 7) is 3.31. The molecule has 1 atom stereocenters. The number of fused-ring (bicyclic) bond motifs is 4. The SMILES string of the molecule is COc1cc2c(cc1NC(C)=O)[C@@H]1Cc3ccc(OC)c(OC)c3CN1CC2.Cl. The molecule has 6 nitrogen and oxygen atoms in total. The highest BCUT2D eigenvalue weighted by molar-refractivity contribution is 5.90. The predicted octanol–water partition coefficient (Wildman–Crippen LogP) is 3.75. The molecule has 0 spiro atoms. The number of amides is 1. The Morgan fingerprint density at radius 3 is 2.48 bits per heavy atom. The van der Waals surface area contributed by atoms with Gasteiger partial charge in [0.05, 0.1) is 27.0 Å². The number of nitrogens with one attached hydrogen (secondary N) is 1. The van der Waals surface area contributed by atoms with Crippen LogP contribution in [-0.4, -0.2) is 38.7 Å². The lowest BCUT2D eigenvalue weighted by Gasteiger charge is -2.42. The van der Waals surface area contributed by atoms with Crippen LogP contribution in [-0.2, 0) is 24.2 Å². The summed E-state index contributed by atoms with van der Waals surface area (Å²) in [4.78, 5) is 14.1. The van der Waals surface area contributed by atoms with Gasteiger partial charge in [0, 0.05) is 31.6 Å². The Labute approximate surface area is 177 Å². The lowest BCUT2D eigenvalue weighted by Crippen LogP contribution is -2.39. The van der Waals surface area contributed by atoms with E-state index in [2.05, 4.69) is 28.4 Å². The van der Waals surface area contributed by atoms with Crippen molar-refractivity contribution in [3.8, 4) is 17.2 Å². The van der Waals surface area contributed by atoms with Gasteiger partial charge in [-0.1, -0.05) is 6.07 Å². The normalized spacial score (nSPS) is 17.2. The number of hydrogen-bond acceptors (Lipinski definition) is 5. The third-order valence-electron chi connectivity index (χ3n) is 5.76. The zero-order valence-electron chi connectivity index (χ0n) is 17.2. The molecule has 1 N–H and O–H groups in total. The van der Waals surface area contributed by atoms with Crippen molar-refractivity contribution in [2.24, 2.45) is 0 Å². The van der Waals surface area contributed by atoms with Crippen LogP contribution in [0, 0.1) is 0 Å². The van der Waals surface area contributed by atoms with E-state index in [1.54, 1.807) is 21.3 Å². The molecule has 2 aromatic rings. The number of hydrogen-bond donors (Lipinski definition) is 1. The van der Waals surface area contributed by atoms with Crippen LogP contribution in [0.5, 0.6) is 17.2 Å². The minimum Gasteiger partial charge on any atom is -0.495 e. The summed E-state index contributed by atoms with van der Waals surface area (Å²) in [6.07, 6.45) is 1.85. The van der Waals surface area contributed by atoms with Crippen molar-refractivity contribution in [3.63, 3.8) is 0 Å². The zero-order chi connectivity index (χ0) is 19.8. The summed E-state index contributed by atoms with van der Waals surface area (Å²) >= 11 is 0. The summed E-state index contributed by atoms with van der Waals surface area (Å²) in [5.41, 5.74) is 5.77. The molecule has 1 amide bonds. The minimum atomic E-state index is -0.100. The lowest BCUT2D eigenvalue weighted by atomic mass is 9.83. The van der Waals surface area contributed by atoms with Crippen molar-refractivity contribution in [2.45, 2.75) is 32.4 Å². The van der Waals surface area contributed by atoms with Gasteiger partial charge in [0.25, 0.3) is 0 Å². The van der Waals surface area contributed by atoms with Gasteiger partial charge in [-0.05, 0) is 47.7 Å². The molecule has 0 radical (unpaired) electrons. The van der Waals surface area contributed by atoms with Crippen molar-refractivity contribution in [1.29, 1.82) is 0 Å². The first kappa shape index (κ1) is 21.3. The molecule has 2 heterocycles. The number of rotatable bonds is 4. The second kappa shape index (κ2) is 8.51. The quantitative estimate of drug-likeness (QED) is 0.819. The van der Waals surface area contributed by atoms with Gasteiger partial charge in [-0.2, -0.15) is 0 Å². The summed E-state index contributed by atoms with van der Waals surface area (Å²) in [7, 11) is 5.00. The Balaban J connectivity index is 0.00000240. The second-order valence-corrected chi connectivity index (χ2v) is 7.31. The molecule has 7 heteroatoms. The number of benzene rings is 2. The van der Waals surface area contributed by atoms with E-state index in [-0.39, 0.29) is 24.4 Å². The monoisotopic (exact) mass is 418 g/mol. The van der Waals surface area contributed by atoms with Crippen molar-refractivity contribution < 1.29 is 19.0 Å². The summed E-state index contributed by atoms with van der Waals surface area (Å²) in [5, 5.41) is 2.90. The number of anilines is 1. The van der Waals surface area contributed by atoms with Crippen LogP contribution in [0.4, 0.5) is 5.69 Å². The van der Waals surface area contributed by atoms with E-state index < -0.39 is 0 Å². The number of ether oxygens (including phenoxy) is 3. The number of carbonyl (C=O) groups excluding carboxylic acids is 1. The maximum absolute atomic E-state index is 11.6. The third kappa shape index (κ3) is 3.74. The molecule has 0 saturated carbocycles. The molecule has 0 unspecified atom stereocenters. The lowest BCUT2D eigenvalue weighted by molar-refractivity contribution is -0.114. The van der Waals surface area contributed by atoms with Gasteiger partial charge in [0.1, 0.15) is 5.75 Å². The molecule has 2 aromatic carbocycles. The summed E-state index contributed by atoms with van der Waals surface area (Å²) < 4.78 is 16.6. The molecule has 156 valence electrons. The van der Waals surface area contributed by atoms with Gasteiger partial charge in [-0.3, -0.25) is 9.69 Å². The molecule has 29 heavy (non-hydrogen) atoms. The van der Waals surface area contributed by atoms with Crippen molar-refractivity contribution in [2.75, 3.05) is 33.2 Å². The smallest absolute Gasteiger partial charge is 0.221 e. The van der Waals surface area contributed by atoms with Crippen LogP contribution in [0.1, 0.15) is 35.2 Å². The molecule has 0 saturated heterocycles. The number of methoxy groups -OCH3 is 3. The van der Waals surface area contributed by atoms with Crippen LogP contribution in [0.15, 0.2) is 24.3 Å². The topological polar surface area (TPSA) is 60.0 Å². The number of halogens is 1. The Kier molecular flexibility index (Phi) is 6.24.